The molecule has 2 unspecified atom stereocenters. The third-order valence-electron chi connectivity index (χ3n) is 7.29. The second-order valence-corrected chi connectivity index (χ2v) is 9.91. The van der Waals surface area contributed by atoms with Crippen molar-refractivity contribution in [3.05, 3.63) is 59.5 Å². The van der Waals surface area contributed by atoms with Crippen LogP contribution in [0.25, 0.3) is 11.3 Å². The predicted octanol–water partition coefficient (Wildman–Crippen LogP) is 4.11. The molecule has 3 N–H and O–H groups in total. The maximum Gasteiger partial charge on any atom is 0.228 e. The van der Waals surface area contributed by atoms with Crippen LogP contribution in [0.5, 0.6) is 0 Å². The molecule has 188 valence electrons. The molecule has 3 aromatic rings. The van der Waals surface area contributed by atoms with Gasteiger partial charge >= 0.3 is 0 Å². The molecule has 1 aromatic carbocycles. The number of alkyl halides is 1. The van der Waals surface area contributed by atoms with E-state index in [-0.39, 0.29) is 31.3 Å². The summed E-state index contributed by atoms with van der Waals surface area (Å²) in [4.78, 5) is 14.3. The number of halogens is 1. The molecule has 2 aliphatic rings. The van der Waals surface area contributed by atoms with Crippen molar-refractivity contribution in [2.75, 3.05) is 18.4 Å². The fourth-order valence-corrected chi connectivity index (χ4v) is 4.89. The molecular formula is C27H31FN6O2. The summed E-state index contributed by atoms with van der Waals surface area (Å²) in [6.07, 6.45) is 2.53. The van der Waals surface area contributed by atoms with Crippen LogP contribution in [-0.2, 0) is 23.4 Å². The number of nitrogens with one attached hydrogen (secondary N) is 1. The number of likely N-dealkylation sites (tertiary alicyclic amines) is 1. The molecule has 1 amide bonds. The number of carbonyl (C=O) groups excluding carboxylic acids is 1. The number of rotatable bonds is 8. The van der Waals surface area contributed by atoms with Crippen molar-refractivity contribution in [3.63, 3.8) is 0 Å². The van der Waals surface area contributed by atoms with Crippen LogP contribution in [0.2, 0.25) is 0 Å². The molecule has 1 aliphatic heterocycles. The van der Waals surface area contributed by atoms with Crippen LogP contribution in [0.4, 0.5) is 10.2 Å². The summed E-state index contributed by atoms with van der Waals surface area (Å²) >= 11 is 0. The van der Waals surface area contributed by atoms with E-state index in [1.54, 1.807) is 10.9 Å². The number of hydrogen-bond donors (Lipinski definition) is 2. The molecule has 36 heavy (non-hydrogen) atoms. The predicted molar refractivity (Wildman–Crippen MR) is 133 cm³/mol. The Bertz CT molecular complexity index is 1270. The number of piperidine rings is 1. The van der Waals surface area contributed by atoms with E-state index >= 15 is 4.39 Å². The summed E-state index contributed by atoms with van der Waals surface area (Å²) in [5, 5.41) is 16.9. The van der Waals surface area contributed by atoms with Gasteiger partial charge in [0.1, 0.15) is 23.2 Å². The number of aromatic nitrogens is 2. The first-order chi connectivity index (χ1) is 17.4. The quantitative estimate of drug-likeness (QED) is 0.491. The zero-order valence-corrected chi connectivity index (χ0v) is 20.4. The van der Waals surface area contributed by atoms with Crippen LogP contribution in [0.3, 0.4) is 0 Å². The maximum atomic E-state index is 15.9. The van der Waals surface area contributed by atoms with Gasteiger partial charge in [-0.1, -0.05) is 24.3 Å². The van der Waals surface area contributed by atoms with Crippen molar-refractivity contribution in [1.29, 1.82) is 5.26 Å². The van der Waals surface area contributed by atoms with Gasteiger partial charge in [-0.2, -0.15) is 10.4 Å². The molecule has 9 heteroatoms. The van der Waals surface area contributed by atoms with Crippen molar-refractivity contribution in [3.8, 4) is 17.4 Å². The summed E-state index contributed by atoms with van der Waals surface area (Å²) in [6, 6.07) is 14.1. The Kier molecular flexibility index (Phi) is 6.65. The molecule has 0 bridgehead atoms. The van der Waals surface area contributed by atoms with Crippen molar-refractivity contribution >= 4 is 11.7 Å². The number of benzene rings is 1. The van der Waals surface area contributed by atoms with Crippen molar-refractivity contribution in [2.45, 2.75) is 57.4 Å². The van der Waals surface area contributed by atoms with E-state index in [4.69, 9.17) is 10.2 Å². The second kappa shape index (κ2) is 9.88. The van der Waals surface area contributed by atoms with Crippen LogP contribution in [-0.4, -0.2) is 39.8 Å². The van der Waals surface area contributed by atoms with E-state index < -0.39 is 11.7 Å². The Morgan fingerprint density at radius 2 is 2.08 bits per heavy atom. The highest BCUT2D eigenvalue weighted by Crippen LogP contribution is 2.38. The number of nitrogens with two attached hydrogens (primary N) is 1. The molecule has 5 rings (SSSR count). The van der Waals surface area contributed by atoms with Crippen LogP contribution in [0.15, 0.2) is 47.0 Å². The number of carbonyl (C=O) groups is 1. The molecule has 3 heterocycles. The first-order valence-corrected chi connectivity index (χ1v) is 12.4. The highest BCUT2D eigenvalue weighted by atomic mass is 19.1. The summed E-state index contributed by atoms with van der Waals surface area (Å²) in [7, 11) is 0. The van der Waals surface area contributed by atoms with Crippen molar-refractivity contribution in [1.82, 2.24) is 14.7 Å². The normalized spacial score (nSPS) is 22.3. The lowest BCUT2D eigenvalue weighted by Crippen LogP contribution is -2.54. The number of nitrogens with zero attached hydrogens (tertiary/aromatic N) is 4. The average molecular weight is 491 g/mol. The molecule has 2 fully saturated rings. The third kappa shape index (κ3) is 4.79. The van der Waals surface area contributed by atoms with E-state index in [2.05, 4.69) is 21.4 Å². The molecule has 0 spiro atoms. The summed E-state index contributed by atoms with van der Waals surface area (Å²) in [6.45, 7) is 3.49. The molecule has 8 nitrogen and oxygen atoms in total. The average Bonchev–Trinajstić information content (AvgIpc) is 3.52. The molecule has 1 saturated heterocycles. The lowest BCUT2D eigenvalue weighted by molar-refractivity contribution is -0.117. The molecule has 2 atom stereocenters. The van der Waals surface area contributed by atoms with Gasteiger partial charge in [-0.05, 0) is 43.9 Å². The Labute approximate surface area is 209 Å². The minimum Gasteiger partial charge on any atom is -0.461 e. The topological polar surface area (TPSA) is 113 Å². The third-order valence-corrected chi connectivity index (χ3v) is 7.29. The van der Waals surface area contributed by atoms with E-state index in [0.29, 0.717) is 30.9 Å². The van der Waals surface area contributed by atoms with Crippen molar-refractivity contribution < 1.29 is 13.6 Å². The zero-order chi connectivity index (χ0) is 25.3. The molecular weight excluding hydrogens is 459 g/mol. The summed E-state index contributed by atoms with van der Waals surface area (Å²) in [5.41, 5.74) is 7.52. The van der Waals surface area contributed by atoms with Gasteiger partial charge < -0.3 is 15.5 Å². The first kappa shape index (κ1) is 24.2. The van der Waals surface area contributed by atoms with Crippen molar-refractivity contribution in [2.24, 2.45) is 11.7 Å². The number of nitriles is 1. The van der Waals surface area contributed by atoms with E-state index in [0.717, 1.165) is 35.5 Å². The highest BCUT2D eigenvalue weighted by molar-refractivity contribution is 5.93. The first-order valence-electron chi connectivity index (χ1n) is 12.4. The van der Waals surface area contributed by atoms with Gasteiger partial charge in [0, 0.05) is 49.4 Å². The number of amides is 1. The van der Waals surface area contributed by atoms with Gasteiger partial charge in [0.25, 0.3) is 0 Å². The van der Waals surface area contributed by atoms with Gasteiger partial charge in [0.05, 0.1) is 12.5 Å². The Balaban J connectivity index is 1.29. The van der Waals surface area contributed by atoms with Crippen LogP contribution in [0, 0.1) is 24.2 Å². The van der Waals surface area contributed by atoms with Gasteiger partial charge in [0.2, 0.25) is 5.91 Å². The largest absolute Gasteiger partial charge is 0.461 e. The molecule has 1 saturated carbocycles. The minimum atomic E-state index is -1.31. The molecule has 2 aromatic heterocycles. The Hall–Kier alpha value is -3.48. The van der Waals surface area contributed by atoms with E-state index in [9.17, 15) is 10.1 Å². The zero-order valence-electron chi connectivity index (χ0n) is 20.4. The number of anilines is 1. The summed E-state index contributed by atoms with van der Waals surface area (Å²) < 4.78 is 23.1. The number of furan rings is 1. The molecule has 1 aliphatic carbocycles. The van der Waals surface area contributed by atoms with Gasteiger partial charge in [-0.15, -0.1) is 0 Å². The lowest BCUT2D eigenvalue weighted by Gasteiger charge is -2.43. The van der Waals surface area contributed by atoms with Crippen LogP contribution >= 0.6 is 0 Å². The molecule has 0 radical (unpaired) electrons. The van der Waals surface area contributed by atoms with Gasteiger partial charge in [-0.25, -0.2) is 4.39 Å². The standard InChI is InChI=1S/C27H31FN6O2/c1-18-2-9-23(36-18)20-5-3-19(4-6-20)15-33-13-11-27(10-12-29,24(28)17-33)34-16-22(14-30)25(32-34)31-26(35)21-7-8-21/h2-6,9,16,21,24H,7-8,10-11,13-15,17,30H2,1H3,(H,31,32,35). The number of aryl methyl sites for hydroxylation is 1. The SMILES string of the molecule is Cc1ccc(-c2ccc(CN3CCC(CC#N)(n4cc(CN)c(NC(=O)C5CC5)n4)C(F)C3)cc2)o1. The summed E-state index contributed by atoms with van der Waals surface area (Å²) in [5.74, 6) is 2.00. The van der Waals surface area contributed by atoms with Crippen LogP contribution < -0.4 is 11.1 Å². The fraction of sp³-hybridized carbons (Fsp3) is 0.444. The number of hydrogen-bond acceptors (Lipinski definition) is 6. The lowest BCUT2D eigenvalue weighted by atomic mass is 9.83. The second-order valence-electron chi connectivity index (χ2n) is 9.91. The minimum absolute atomic E-state index is 0.0129. The van der Waals surface area contributed by atoms with Gasteiger partial charge in [0.15, 0.2) is 5.82 Å². The van der Waals surface area contributed by atoms with Gasteiger partial charge in [-0.3, -0.25) is 14.4 Å². The maximum absolute atomic E-state index is 15.9. The van der Waals surface area contributed by atoms with E-state index in [1.807, 2.05) is 43.3 Å². The Morgan fingerprint density at radius 3 is 2.69 bits per heavy atom. The van der Waals surface area contributed by atoms with E-state index in [1.165, 1.54) is 0 Å². The monoisotopic (exact) mass is 490 g/mol. The smallest absolute Gasteiger partial charge is 0.228 e. The highest BCUT2D eigenvalue weighted by Gasteiger charge is 2.46. The fourth-order valence-electron chi connectivity index (χ4n) is 4.89. The Morgan fingerprint density at radius 1 is 1.31 bits per heavy atom. The van der Waals surface area contributed by atoms with Crippen LogP contribution in [0.1, 0.15) is 42.6 Å².